The smallest absolute Gasteiger partial charge is 0.189 e. The van der Waals surface area contributed by atoms with Crippen LogP contribution in [0, 0.1) is 10.8 Å². The fourth-order valence-corrected chi connectivity index (χ4v) is 1.17. The third kappa shape index (κ3) is 2.24. The van der Waals surface area contributed by atoms with Gasteiger partial charge in [-0.3, -0.25) is 0 Å². The Morgan fingerprint density at radius 3 is 2.91 bits per heavy atom. The average Bonchev–Trinajstić information content (AvgIpc) is 2.16. The molecule has 4 nitrogen and oxygen atoms in total. The molecule has 1 fully saturated rings. The fourth-order valence-electron chi connectivity index (χ4n) is 1.17. The van der Waals surface area contributed by atoms with Crippen LogP contribution in [0.3, 0.4) is 0 Å². The zero-order valence-corrected chi connectivity index (χ0v) is 6.69. The van der Waals surface area contributed by atoms with Gasteiger partial charge in [-0.2, -0.15) is 0 Å². The van der Waals surface area contributed by atoms with Crippen molar-refractivity contribution in [2.75, 3.05) is 6.61 Å². The Labute approximate surface area is 66.1 Å². The Morgan fingerprint density at radius 2 is 2.27 bits per heavy atom. The number of hydrogen-bond acceptors (Lipinski definition) is 4. The first-order valence-electron chi connectivity index (χ1n) is 3.93. The van der Waals surface area contributed by atoms with E-state index in [1.165, 1.54) is 0 Å². The first-order valence-corrected chi connectivity index (χ1v) is 3.93. The Hall–Kier alpha value is -0.480. The van der Waals surface area contributed by atoms with Gasteiger partial charge in [-0.05, 0) is 23.9 Å². The molecule has 3 unspecified atom stereocenters. The van der Waals surface area contributed by atoms with Crippen molar-refractivity contribution < 1.29 is 4.74 Å². The predicted molar refractivity (Wildman–Crippen MR) is 41.9 cm³/mol. The van der Waals surface area contributed by atoms with E-state index in [-0.39, 0.29) is 6.04 Å². The van der Waals surface area contributed by atoms with E-state index in [0.29, 0.717) is 18.9 Å². The van der Waals surface area contributed by atoms with Crippen molar-refractivity contribution in [3.8, 4) is 0 Å². The number of ether oxygens (including phenoxy) is 1. The van der Waals surface area contributed by atoms with E-state index in [9.17, 15) is 4.91 Å². The lowest BCUT2D eigenvalue weighted by molar-refractivity contribution is 0.0474. The fraction of sp³-hybridized carbons (Fsp3) is 1.00. The summed E-state index contributed by atoms with van der Waals surface area (Å²) in [5.74, 6) is 0.335. The molecule has 0 spiro atoms. The molecular formula is C7H14N2O2. The lowest BCUT2D eigenvalue weighted by Gasteiger charge is -2.13. The molecule has 0 aromatic rings. The molecule has 0 aliphatic carbocycles. The van der Waals surface area contributed by atoms with E-state index in [4.69, 9.17) is 10.5 Å². The molecule has 1 aliphatic heterocycles. The van der Waals surface area contributed by atoms with Crippen molar-refractivity contribution in [2.24, 2.45) is 16.8 Å². The summed E-state index contributed by atoms with van der Waals surface area (Å²) >= 11 is 0. The van der Waals surface area contributed by atoms with Crippen LogP contribution in [0.5, 0.6) is 0 Å². The number of nitrogens with two attached hydrogens (primary N) is 1. The summed E-state index contributed by atoms with van der Waals surface area (Å²) in [6.45, 7) is 2.58. The van der Waals surface area contributed by atoms with Crippen LogP contribution in [0.15, 0.2) is 5.18 Å². The molecule has 0 aromatic carbocycles. The van der Waals surface area contributed by atoms with E-state index in [1.807, 2.05) is 6.92 Å². The summed E-state index contributed by atoms with van der Waals surface area (Å²) in [5.41, 5.74) is 5.77. The quantitative estimate of drug-likeness (QED) is 0.575. The molecule has 0 radical (unpaired) electrons. The summed E-state index contributed by atoms with van der Waals surface area (Å²) in [7, 11) is 0. The van der Waals surface area contributed by atoms with Crippen LogP contribution in [0.1, 0.15) is 19.8 Å². The van der Waals surface area contributed by atoms with E-state index < -0.39 is 6.23 Å². The zero-order valence-electron chi connectivity index (χ0n) is 6.69. The standard InChI is InChI=1S/C7H14N2O2/c1-5-4-11-7(9-10)3-2-6(5)8/h5-7H,2-4,8H2,1H3. The summed E-state index contributed by atoms with van der Waals surface area (Å²) in [6, 6.07) is 0.154. The second-order valence-electron chi connectivity index (χ2n) is 3.11. The lowest BCUT2D eigenvalue weighted by Crippen LogP contribution is -2.28. The van der Waals surface area contributed by atoms with Gasteiger partial charge in [-0.15, -0.1) is 4.91 Å². The van der Waals surface area contributed by atoms with E-state index in [1.54, 1.807) is 0 Å². The van der Waals surface area contributed by atoms with Crippen molar-refractivity contribution in [1.82, 2.24) is 0 Å². The van der Waals surface area contributed by atoms with Crippen molar-refractivity contribution in [3.05, 3.63) is 4.91 Å². The molecule has 4 heteroatoms. The van der Waals surface area contributed by atoms with Crippen LogP contribution < -0.4 is 5.73 Å². The van der Waals surface area contributed by atoms with Crippen molar-refractivity contribution in [1.29, 1.82) is 0 Å². The van der Waals surface area contributed by atoms with Crippen LogP contribution in [-0.2, 0) is 4.74 Å². The summed E-state index contributed by atoms with van der Waals surface area (Å²) in [5, 5.41) is 2.85. The van der Waals surface area contributed by atoms with Gasteiger partial charge in [0.2, 0.25) is 0 Å². The molecule has 1 heterocycles. The first kappa shape index (κ1) is 8.62. The van der Waals surface area contributed by atoms with Gasteiger partial charge >= 0.3 is 0 Å². The predicted octanol–water partition coefficient (Wildman–Crippen LogP) is 0.853. The number of nitrogens with zero attached hydrogens (tertiary/aromatic N) is 1. The highest BCUT2D eigenvalue weighted by Gasteiger charge is 2.22. The number of hydrogen-bond donors (Lipinski definition) is 1. The summed E-state index contributed by atoms with van der Waals surface area (Å²) in [6.07, 6.45) is 1.03. The highest BCUT2D eigenvalue weighted by atomic mass is 16.5. The molecular weight excluding hydrogens is 144 g/mol. The van der Waals surface area contributed by atoms with E-state index in [2.05, 4.69) is 5.18 Å². The lowest BCUT2D eigenvalue weighted by atomic mass is 10.0. The van der Waals surface area contributed by atoms with Gasteiger partial charge in [0, 0.05) is 6.04 Å². The molecule has 1 rings (SSSR count). The summed E-state index contributed by atoms with van der Waals surface area (Å²) in [4.78, 5) is 10.1. The minimum absolute atomic E-state index is 0.154. The summed E-state index contributed by atoms with van der Waals surface area (Å²) < 4.78 is 5.18. The molecule has 64 valence electrons. The molecule has 3 atom stereocenters. The maximum atomic E-state index is 10.1. The maximum absolute atomic E-state index is 10.1. The number of rotatable bonds is 1. The minimum Gasteiger partial charge on any atom is -0.353 e. The van der Waals surface area contributed by atoms with Crippen molar-refractivity contribution in [3.63, 3.8) is 0 Å². The molecule has 2 N–H and O–H groups in total. The van der Waals surface area contributed by atoms with Gasteiger partial charge in [-0.1, -0.05) is 6.92 Å². The monoisotopic (exact) mass is 158 g/mol. The zero-order chi connectivity index (χ0) is 8.27. The molecule has 0 saturated carbocycles. The van der Waals surface area contributed by atoms with Gasteiger partial charge in [-0.25, -0.2) is 0 Å². The number of nitroso groups, excluding NO2 is 1. The first-order chi connectivity index (χ1) is 5.24. The van der Waals surface area contributed by atoms with Gasteiger partial charge < -0.3 is 10.5 Å². The maximum Gasteiger partial charge on any atom is 0.189 e. The van der Waals surface area contributed by atoms with Crippen LogP contribution in [-0.4, -0.2) is 18.9 Å². The third-order valence-corrected chi connectivity index (χ3v) is 2.15. The molecule has 1 aliphatic rings. The Morgan fingerprint density at radius 1 is 1.55 bits per heavy atom. The molecule has 0 amide bonds. The minimum atomic E-state index is -0.467. The molecule has 0 aromatic heterocycles. The third-order valence-electron chi connectivity index (χ3n) is 2.15. The topological polar surface area (TPSA) is 64.7 Å². The Bertz CT molecular complexity index is 128. The van der Waals surface area contributed by atoms with Gasteiger partial charge in [0.25, 0.3) is 0 Å². The van der Waals surface area contributed by atoms with Gasteiger partial charge in [0.05, 0.1) is 6.61 Å². The van der Waals surface area contributed by atoms with Crippen LogP contribution in [0.2, 0.25) is 0 Å². The van der Waals surface area contributed by atoms with Crippen LogP contribution in [0.25, 0.3) is 0 Å². The second kappa shape index (κ2) is 3.78. The molecule has 0 bridgehead atoms. The SMILES string of the molecule is CC1COC(N=O)CCC1N. The Kier molecular flexibility index (Phi) is 2.96. The molecule has 1 saturated heterocycles. The van der Waals surface area contributed by atoms with Gasteiger partial charge in [0.1, 0.15) is 0 Å². The van der Waals surface area contributed by atoms with Crippen molar-refractivity contribution in [2.45, 2.75) is 32.0 Å². The van der Waals surface area contributed by atoms with Crippen LogP contribution >= 0.6 is 0 Å². The van der Waals surface area contributed by atoms with Crippen LogP contribution in [0.4, 0.5) is 0 Å². The van der Waals surface area contributed by atoms with Crippen molar-refractivity contribution >= 4 is 0 Å². The second-order valence-corrected chi connectivity index (χ2v) is 3.11. The largest absolute Gasteiger partial charge is 0.353 e. The molecule has 11 heavy (non-hydrogen) atoms. The van der Waals surface area contributed by atoms with E-state index >= 15 is 0 Å². The normalized spacial score (nSPS) is 39.6. The average molecular weight is 158 g/mol. The Balaban J connectivity index is 2.43. The highest BCUT2D eigenvalue weighted by Crippen LogP contribution is 2.17. The highest BCUT2D eigenvalue weighted by molar-refractivity contribution is 4.74. The van der Waals surface area contributed by atoms with E-state index in [0.717, 1.165) is 6.42 Å². The van der Waals surface area contributed by atoms with Gasteiger partial charge in [0.15, 0.2) is 6.23 Å².